The molecule has 2 nitrogen and oxygen atoms in total. The first kappa shape index (κ1) is 19.4. The third-order valence-corrected chi connectivity index (χ3v) is 3.27. The zero-order valence-corrected chi connectivity index (χ0v) is 13.3. The Hall–Kier alpha value is -0.600. The van der Waals surface area contributed by atoms with E-state index in [1.165, 1.54) is 51.4 Å². The molecule has 0 rings (SSSR count). The molecule has 0 radical (unpaired) electrons. The number of hydrogen-bond acceptors (Lipinski definition) is 2. The lowest BCUT2D eigenvalue weighted by molar-refractivity contribution is 0.0449. The second-order valence-corrected chi connectivity index (χ2v) is 5.21. The van der Waals surface area contributed by atoms with Crippen LogP contribution in [0.2, 0.25) is 0 Å². The summed E-state index contributed by atoms with van der Waals surface area (Å²) in [6, 6.07) is 0. The van der Waals surface area contributed by atoms with Gasteiger partial charge in [0.25, 0.3) is 0 Å². The van der Waals surface area contributed by atoms with Crippen LogP contribution in [-0.4, -0.2) is 26.4 Å². The molecule has 2 heteroatoms. The van der Waals surface area contributed by atoms with Crippen molar-refractivity contribution >= 4 is 0 Å². The summed E-state index contributed by atoms with van der Waals surface area (Å²) < 4.78 is 11.1. The van der Waals surface area contributed by atoms with E-state index < -0.39 is 0 Å². The topological polar surface area (TPSA) is 18.5 Å². The highest BCUT2D eigenvalue weighted by atomic mass is 16.5. The van der Waals surface area contributed by atoms with Crippen LogP contribution in [-0.2, 0) is 9.47 Å². The molecule has 20 heavy (non-hydrogen) atoms. The van der Waals surface area contributed by atoms with Gasteiger partial charge >= 0.3 is 0 Å². The van der Waals surface area contributed by atoms with Crippen LogP contribution < -0.4 is 0 Å². The third kappa shape index (κ3) is 17.4. The van der Waals surface area contributed by atoms with E-state index in [1.807, 2.05) is 12.2 Å². The van der Waals surface area contributed by atoms with Gasteiger partial charge in [0, 0.05) is 13.2 Å². The van der Waals surface area contributed by atoms with Gasteiger partial charge in [-0.2, -0.15) is 0 Å². The first-order chi connectivity index (χ1) is 9.91. The summed E-state index contributed by atoms with van der Waals surface area (Å²) in [7, 11) is 0. The smallest absolute Gasteiger partial charge is 0.0700 e. The monoisotopic (exact) mass is 282 g/mol. The van der Waals surface area contributed by atoms with Crippen LogP contribution >= 0.6 is 0 Å². The summed E-state index contributed by atoms with van der Waals surface area (Å²) in [4.78, 5) is 0. The zero-order chi connectivity index (χ0) is 14.7. The minimum Gasteiger partial charge on any atom is -0.379 e. The van der Waals surface area contributed by atoms with Crippen LogP contribution in [0.25, 0.3) is 0 Å². The Kier molecular flexibility index (Phi) is 17.8. The van der Waals surface area contributed by atoms with E-state index >= 15 is 0 Å². The molecule has 0 saturated heterocycles. The number of ether oxygens (including phenoxy) is 2. The van der Waals surface area contributed by atoms with E-state index in [2.05, 4.69) is 13.2 Å². The summed E-state index contributed by atoms with van der Waals surface area (Å²) in [6.07, 6.45) is 16.2. The molecule has 0 saturated carbocycles. The van der Waals surface area contributed by atoms with Gasteiger partial charge in [-0.3, -0.25) is 0 Å². The van der Waals surface area contributed by atoms with Gasteiger partial charge in [0.05, 0.1) is 13.2 Å². The van der Waals surface area contributed by atoms with Crippen molar-refractivity contribution in [1.82, 2.24) is 0 Å². The Bertz CT molecular complexity index is 180. The molecule has 118 valence electrons. The predicted octanol–water partition coefficient (Wildman–Crippen LogP) is 5.29. The molecular weight excluding hydrogens is 248 g/mol. The molecule has 0 bridgehead atoms. The Morgan fingerprint density at radius 2 is 0.900 bits per heavy atom. The maximum absolute atomic E-state index is 5.54. The fraction of sp³-hybridized carbons (Fsp3) is 0.778. The van der Waals surface area contributed by atoms with Crippen molar-refractivity contribution in [2.24, 2.45) is 0 Å². The van der Waals surface area contributed by atoms with Gasteiger partial charge in [0.1, 0.15) is 0 Å². The van der Waals surface area contributed by atoms with Gasteiger partial charge in [-0.05, 0) is 38.5 Å². The quantitative estimate of drug-likeness (QED) is 0.266. The summed E-state index contributed by atoms with van der Waals surface area (Å²) in [5.74, 6) is 0. The lowest BCUT2D eigenvalue weighted by Gasteiger charge is -2.06. The highest BCUT2D eigenvalue weighted by molar-refractivity contribution is 4.65. The first-order valence-electron chi connectivity index (χ1n) is 8.29. The Morgan fingerprint density at radius 3 is 1.30 bits per heavy atom. The summed E-state index contributed by atoms with van der Waals surface area (Å²) >= 11 is 0. The van der Waals surface area contributed by atoms with Crippen molar-refractivity contribution in [3.63, 3.8) is 0 Å². The lowest BCUT2D eigenvalue weighted by atomic mass is 10.1. The first-order valence-corrected chi connectivity index (χ1v) is 8.29. The van der Waals surface area contributed by atoms with Crippen LogP contribution in [0.15, 0.2) is 25.3 Å². The highest BCUT2D eigenvalue weighted by Gasteiger charge is 1.93. The molecule has 0 atom stereocenters. The number of hydrogen-bond donors (Lipinski definition) is 0. The molecule has 0 aromatic carbocycles. The average molecular weight is 282 g/mol. The van der Waals surface area contributed by atoms with Crippen molar-refractivity contribution in [3.05, 3.63) is 25.3 Å². The van der Waals surface area contributed by atoms with Gasteiger partial charge in [0.2, 0.25) is 0 Å². The van der Waals surface area contributed by atoms with Crippen molar-refractivity contribution in [2.45, 2.75) is 64.2 Å². The minimum atomic E-state index is 0.739. The van der Waals surface area contributed by atoms with Gasteiger partial charge in [-0.1, -0.05) is 37.8 Å². The zero-order valence-electron chi connectivity index (χ0n) is 13.3. The molecular formula is C18H34O2. The minimum absolute atomic E-state index is 0.739. The van der Waals surface area contributed by atoms with E-state index in [0.717, 1.165) is 39.3 Å². The number of rotatable bonds is 17. The maximum Gasteiger partial charge on any atom is 0.0700 e. The van der Waals surface area contributed by atoms with Crippen molar-refractivity contribution < 1.29 is 9.47 Å². The van der Waals surface area contributed by atoms with Gasteiger partial charge in [-0.15, -0.1) is 13.2 Å². The molecule has 0 amide bonds. The summed E-state index contributed by atoms with van der Waals surface area (Å²) in [6.45, 7) is 10.7. The van der Waals surface area contributed by atoms with E-state index in [-0.39, 0.29) is 0 Å². The van der Waals surface area contributed by atoms with Crippen molar-refractivity contribution in [3.8, 4) is 0 Å². The second-order valence-electron chi connectivity index (χ2n) is 5.21. The lowest BCUT2D eigenvalue weighted by Crippen LogP contribution is -2.06. The standard InChI is InChI=1S/C18H34O2/c1-3-5-7-9-11-13-15-19-17-18-20-16-14-12-10-8-6-4-2/h3-4H,1-2,5-18H2. The summed E-state index contributed by atoms with van der Waals surface area (Å²) in [5, 5.41) is 0. The fourth-order valence-electron chi connectivity index (χ4n) is 2.01. The van der Waals surface area contributed by atoms with Crippen LogP contribution in [0.1, 0.15) is 64.2 Å². The molecule has 0 heterocycles. The molecule has 0 aromatic rings. The van der Waals surface area contributed by atoms with E-state index in [4.69, 9.17) is 9.47 Å². The number of unbranched alkanes of at least 4 members (excludes halogenated alkanes) is 8. The van der Waals surface area contributed by atoms with Gasteiger partial charge in [-0.25, -0.2) is 0 Å². The van der Waals surface area contributed by atoms with Gasteiger partial charge < -0.3 is 9.47 Å². The van der Waals surface area contributed by atoms with Gasteiger partial charge in [0.15, 0.2) is 0 Å². The van der Waals surface area contributed by atoms with Crippen LogP contribution in [0.5, 0.6) is 0 Å². The molecule has 0 unspecified atom stereocenters. The molecule has 0 aliphatic rings. The molecule has 0 spiro atoms. The predicted molar refractivity (Wildman–Crippen MR) is 88.2 cm³/mol. The SMILES string of the molecule is C=CCCCCCCOCCOCCCCCCC=C. The normalized spacial score (nSPS) is 10.6. The molecule has 0 aromatic heterocycles. The largest absolute Gasteiger partial charge is 0.379 e. The molecule has 0 N–H and O–H groups in total. The van der Waals surface area contributed by atoms with E-state index in [9.17, 15) is 0 Å². The van der Waals surface area contributed by atoms with Crippen molar-refractivity contribution in [2.75, 3.05) is 26.4 Å². The van der Waals surface area contributed by atoms with Crippen LogP contribution in [0, 0.1) is 0 Å². The maximum atomic E-state index is 5.54. The fourth-order valence-corrected chi connectivity index (χ4v) is 2.01. The highest BCUT2D eigenvalue weighted by Crippen LogP contribution is 2.04. The molecule has 0 aliphatic carbocycles. The molecule has 0 aliphatic heterocycles. The summed E-state index contributed by atoms with van der Waals surface area (Å²) in [5.41, 5.74) is 0. The Labute approximate surface area is 126 Å². The average Bonchev–Trinajstić information content (AvgIpc) is 2.47. The Morgan fingerprint density at radius 1 is 0.500 bits per heavy atom. The van der Waals surface area contributed by atoms with Crippen molar-refractivity contribution in [1.29, 1.82) is 0 Å². The van der Waals surface area contributed by atoms with Crippen LogP contribution in [0.3, 0.4) is 0 Å². The Balaban J connectivity index is 2.92. The van der Waals surface area contributed by atoms with E-state index in [0.29, 0.717) is 0 Å². The van der Waals surface area contributed by atoms with Crippen LogP contribution in [0.4, 0.5) is 0 Å². The van der Waals surface area contributed by atoms with E-state index in [1.54, 1.807) is 0 Å². The second kappa shape index (κ2) is 18.4. The third-order valence-electron chi connectivity index (χ3n) is 3.27. The number of allylic oxidation sites excluding steroid dienone is 2. The molecule has 0 fully saturated rings.